The minimum absolute atomic E-state index is 0.568. The lowest BCUT2D eigenvalue weighted by molar-refractivity contribution is 0.472. The van der Waals surface area contributed by atoms with Crippen LogP contribution in [0, 0.1) is 0 Å². The van der Waals surface area contributed by atoms with E-state index in [-0.39, 0.29) is 0 Å². The van der Waals surface area contributed by atoms with Gasteiger partial charge in [0, 0.05) is 24.4 Å². The minimum Gasteiger partial charge on any atom is -0.373 e. The van der Waals surface area contributed by atoms with Crippen LogP contribution in [0.5, 0.6) is 0 Å². The smallest absolute Gasteiger partial charge is 0.131 e. The highest BCUT2D eigenvalue weighted by molar-refractivity contribution is 7.99. The SMILES string of the molecule is CNc1cc(NC2CCC(SC)CC2)ncn1. The summed E-state index contributed by atoms with van der Waals surface area (Å²) in [6.45, 7) is 0. The van der Waals surface area contributed by atoms with Crippen molar-refractivity contribution in [2.45, 2.75) is 37.0 Å². The molecule has 1 fully saturated rings. The Bertz CT molecular complexity index is 350. The Hall–Kier alpha value is -0.970. The molecular weight excluding hydrogens is 232 g/mol. The average Bonchev–Trinajstić information content (AvgIpc) is 2.40. The third-order valence-electron chi connectivity index (χ3n) is 3.28. The third kappa shape index (κ3) is 3.49. The highest BCUT2D eigenvalue weighted by atomic mass is 32.2. The van der Waals surface area contributed by atoms with Gasteiger partial charge in [0.2, 0.25) is 0 Å². The second kappa shape index (κ2) is 6.10. The van der Waals surface area contributed by atoms with E-state index in [1.165, 1.54) is 25.7 Å². The van der Waals surface area contributed by atoms with Gasteiger partial charge in [0.05, 0.1) is 0 Å². The predicted octanol–water partition coefficient (Wildman–Crippen LogP) is 2.60. The van der Waals surface area contributed by atoms with Gasteiger partial charge in [0.15, 0.2) is 0 Å². The van der Waals surface area contributed by atoms with E-state index in [2.05, 4.69) is 26.9 Å². The molecular formula is C12H20N4S. The number of nitrogens with one attached hydrogen (secondary N) is 2. The summed E-state index contributed by atoms with van der Waals surface area (Å²) in [5, 5.41) is 7.38. The number of thioether (sulfide) groups is 1. The molecule has 0 saturated heterocycles. The summed E-state index contributed by atoms with van der Waals surface area (Å²) in [4.78, 5) is 8.36. The van der Waals surface area contributed by atoms with Gasteiger partial charge in [-0.25, -0.2) is 9.97 Å². The Morgan fingerprint density at radius 2 is 1.88 bits per heavy atom. The molecule has 1 aliphatic rings. The second-order valence-corrected chi connectivity index (χ2v) is 5.53. The number of hydrogen-bond acceptors (Lipinski definition) is 5. The monoisotopic (exact) mass is 252 g/mol. The molecule has 1 heterocycles. The van der Waals surface area contributed by atoms with Gasteiger partial charge in [-0.1, -0.05) is 0 Å². The van der Waals surface area contributed by atoms with E-state index in [1.54, 1.807) is 6.33 Å². The topological polar surface area (TPSA) is 49.8 Å². The van der Waals surface area contributed by atoms with Gasteiger partial charge >= 0.3 is 0 Å². The van der Waals surface area contributed by atoms with Crippen molar-refractivity contribution < 1.29 is 0 Å². The van der Waals surface area contributed by atoms with Gasteiger partial charge < -0.3 is 10.6 Å². The maximum Gasteiger partial charge on any atom is 0.131 e. The molecule has 0 bridgehead atoms. The molecule has 94 valence electrons. The number of anilines is 2. The lowest BCUT2D eigenvalue weighted by atomic mass is 9.95. The highest BCUT2D eigenvalue weighted by Gasteiger charge is 2.20. The van der Waals surface area contributed by atoms with Gasteiger partial charge in [-0.15, -0.1) is 0 Å². The summed E-state index contributed by atoms with van der Waals surface area (Å²) < 4.78 is 0. The average molecular weight is 252 g/mol. The third-order valence-corrected chi connectivity index (χ3v) is 4.42. The van der Waals surface area contributed by atoms with Crippen molar-refractivity contribution in [2.24, 2.45) is 0 Å². The van der Waals surface area contributed by atoms with Crippen molar-refractivity contribution in [3.8, 4) is 0 Å². The first-order valence-electron chi connectivity index (χ1n) is 6.11. The fourth-order valence-corrected chi connectivity index (χ4v) is 2.97. The molecule has 5 heteroatoms. The van der Waals surface area contributed by atoms with Crippen LogP contribution in [0.4, 0.5) is 11.6 Å². The first-order valence-corrected chi connectivity index (χ1v) is 7.39. The Labute approximate surface area is 107 Å². The van der Waals surface area contributed by atoms with E-state index >= 15 is 0 Å². The summed E-state index contributed by atoms with van der Waals surface area (Å²) in [6.07, 6.45) is 8.91. The van der Waals surface area contributed by atoms with Crippen LogP contribution < -0.4 is 10.6 Å². The lowest BCUT2D eigenvalue weighted by Gasteiger charge is -2.28. The molecule has 2 rings (SSSR count). The Kier molecular flexibility index (Phi) is 4.48. The van der Waals surface area contributed by atoms with Crippen LogP contribution in [-0.2, 0) is 0 Å². The number of rotatable bonds is 4. The van der Waals surface area contributed by atoms with Crippen molar-refractivity contribution in [3.63, 3.8) is 0 Å². The van der Waals surface area contributed by atoms with Crippen LogP contribution in [0.15, 0.2) is 12.4 Å². The Morgan fingerprint density at radius 1 is 1.18 bits per heavy atom. The van der Waals surface area contributed by atoms with Crippen LogP contribution in [-0.4, -0.2) is 34.6 Å². The van der Waals surface area contributed by atoms with Gasteiger partial charge in [-0.2, -0.15) is 11.8 Å². The van der Waals surface area contributed by atoms with E-state index in [0.717, 1.165) is 16.9 Å². The zero-order valence-electron chi connectivity index (χ0n) is 10.4. The second-order valence-electron chi connectivity index (χ2n) is 4.39. The molecule has 0 atom stereocenters. The Balaban J connectivity index is 1.88. The van der Waals surface area contributed by atoms with Crippen molar-refractivity contribution in [3.05, 3.63) is 12.4 Å². The Morgan fingerprint density at radius 3 is 2.53 bits per heavy atom. The molecule has 1 aliphatic carbocycles. The zero-order chi connectivity index (χ0) is 12.1. The summed E-state index contributed by atoms with van der Waals surface area (Å²) in [6, 6.07) is 2.53. The van der Waals surface area contributed by atoms with Gasteiger partial charge in [-0.3, -0.25) is 0 Å². The van der Waals surface area contributed by atoms with Crippen molar-refractivity contribution in [2.75, 3.05) is 23.9 Å². The largest absolute Gasteiger partial charge is 0.373 e. The normalized spacial score (nSPS) is 24.4. The molecule has 4 nitrogen and oxygen atoms in total. The van der Waals surface area contributed by atoms with Crippen LogP contribution in [0.3, 0.4) is 0 Å². The molecule has 0 unspecified atom stereocenters. The summed E-state index contributed by atoms with van der Waals surface area (Å²) in [5.41, 5.74) is 0. The van der Waals surface area contributed by atoms with Crippen molar-refractivity contribution >= 4 is 23.4 Å². The lowest BCUT2D eigenvalue weighted by Crippen LogP contribution is -2.27. The molecule has 1 aromatic heterocycles. The minimum atomic E-state index is 0.568. The van der Waals surface area contributed by atoms with E-state index in [1.807, 2.05) is 24.9 Å². The highest BCUT2D eigenvalue weighted by Crippen LogP contribution is 2.28. The molecule has 0 amide bonds. The van der Waals surface area contributed by atoms with Gasteiger partial charge in [-0.05, 0) is 31.9 Å². The maximum absolute atomic E-state index is 4.25. The molecule has 0 aliphatic heterocycles. The summed E-state index contributed by atoms with van der Waals surface area (Å²) in [5.74, 6) is 1.79. The van der Waals surface area contributed by atoms with E-state index in [9.17, 15) is 0 Å². The van der Waals surface area contributed by atoms with E-state index < -0.39 is 0 Å². The van der Waals surface area contributed by atoms with Crippen LogP contribution >= 0.6 is 11.8 Å². The fraction of sp³-hybridized carbons (Fsp3) is 0.667. The van der Waals surface area contributed by atoms with Gasteiger partial charge in [0.1, 0.15) is 18.0 Å². The number of hydrogen-bond donors (Lipinski definition) is 2. The van der Waals surface area contributed by atoms with Crippen molar-refractivity contribution in [1.82, 2.24) is 9.97 Å². The summed E-state index contributed by atoms with van der Waals surface area (Å²) >= 11 is 2.00. The molecule has 0 spiro atoms. The van der Waals surface area contributed by atoms with Gasteiger partial charge in [0.25, 0.3) is 0 Å². The van der Waals surface area contributed by atoms with Crippen LogP contribution in [0.1, 0.15) is 25.7 Å². The summed E-state index contributed by atoms with van der Waals surface area (Å²) in [7, 11) is 1.87. The van der Waals surface area contributed by atoms with E-state index in [4.69, 9.17) is 0 Å². The molecule has 17 heavy (non-hydrogen) atoms. The first kappa shape index (κ1) is 12.5. The predicted molar refractivity (Wildman–Crippen MR) is 74.8 cm³/mol. The molecule has 0 aromatic carbocycles. The zero-order valence-corrected chi connectivity index (χ0v) is 11.3. The van der Waals surface area contributed by atoms with Crippen LogP contribution in [0.25, 0.3) is 0 Å². The van der Waals surface area contributed by atoms with Crippen LogP contribution in [0.2, 0.25) is 0 Å². The fourth-order valence-electron chi connectivity index (χ4n) is 2.22. The first-order chi connectivity index (χ1) is 8.31. The molecule has 2 N–H and O–H groups in total. The molecule has 0 radical (unpaired) electrons. The number of nitrogens with zero attached hydrogens (tertiary/aromatic N) is 2. The quantitative estimate of drug-likeness (QED) is 0.862. The molecule has 1 aromatic rings. The molecule has 1 saturated carbocycles. The number of aromatic nitrogens is 2. The standard InChI is InChI=1S/C12H20N4S/c1-13-11-7-12(15-8-14-11)16-9-3-5-10(17-2)6-4-9/h7-10H,3-6H2,1-2H3,(H2,13,14,15,16). The van der Waals surface area contributed by atoms with E-state index in [0.29, 0.717) is 6.04 Å². The van der Waals surface area contributed by atoms with Crippen molar-refractivity contribution in [1.29, 1.82) is 0 Å². The maximum atomic E-state index is 4.25.